The Bertz CT molecular complexity index is 283. The molecule has 0 aliphatic carbocycles. The Morgan fingerprint density at radius 3 is 2.44 bits per heavy atom. The van der Waals surface area contributed by atoms with Crippen molar-refractivity contribution in [2.24, 2.45) is 11.5 Å². The summed E-state index contributed by atoms with van der Waals surface area (Å²) in [6, 6.07) is -1.49. The molecule has 1 amide bonds. The van der Waals surface area contributed by atoms with Crippen molar-refractivity contribution >= 4 is 18.2 Å². The number of carboxylic acids is 1. The molecule has 0 aliphatic heterocycles. The van der Waals surface area contributed by atoms with Crippen molar-refractivity contribution in [3.05, 3.63) is 0 Å². The van der Waals surface area contributed by atoms with E-state index in [1.165, 1.54) is 0 Å². The molecule has 0 saturated carbocycles. The molecule has 0 aromatic carbocycles. The van der Waals surface area contributed by atoms with Crippen molar-refractivity contribution in [3.63, 3.8) is 0 Å². The lowest BCUT2D eigenvalue weighted by atomic mass is 10.1. The van der Waals surface area contributed by atoms with Crippen LogP contribution in [-0.4, -0.2) is 41.9 Å². The van der Waals surface area contributed by atoms with Crippen LogP contribution in [0.3, 0.4) is 0 Å². The lowest BCUT2D eigenvalue weighted by Gasteiger charge is -2.16. The van der Waals surface area contributed by atoms with Crippen LogP contribution in [0, 0.1) is 0 Å². The van der Waals surface area contributed by atoms with Gasteiger partial charge in [0, 0.05) is 6.42 Å². The summed E-state index contributed by atoms with van der Waals surface area (Å²) in [6.07, 6.45) is 2.44. The Morgan fingerprint density at radius 1 is 1.28 bits per heavy atom. The van der Waals surface area contributed by atoms with Gasteiger partial charge in [0.15, 0.2) is 0 Å². The summed E-state index contributed by atoms with van der Waals surface area (Å²) in [5, 5.41) is 10.9. The molecule has 18 heavy (non-hydrogen) atoms. The van der Waals surface area contributed by atoms with Gasteiger partial charge < -0.3 is 26.7 Å². The second-order valence-corrected chi connectivity index (χ2v) is 4.07. The number of nitrogens with two attached hydrogens (primary N) is 2. The van der Waals surface area contributed by atoms with Crippen LogP contribution in [0.25, 0.3) is 0 Å². The van der Waals surface area contributed by atoms with Gasteiger partial charge in [-0.1, -0.05) is 6.42 Å². The molecule has 0 fully saturated rings. The van der Waals surface area contributed by atoms with Gasteiger partial charge in [-0.05, 0) is 25.8 Å². The van der Waals surface area contributed by atoms with Crippen LogP contribution < -0.4 is 16.8 Å². The first-order chi connectivity index (χ1) is 8.51. The molecule has 0 saturated heterocycles. The average Bonchev–Trinajstić information content (AvgIpc) is 2.34. The molecule has 7 nitrogen and oxygen atoms in total. The van der Waals surface area contributed by atoms with Gasteiger partial charge in [0.05, 0.1) is 12.1 Å². The molecular weight excluding hydrogens is 238 g/mol. The highest BCUT2D eigenvalue weighted by Crippen LogP contribution is 2.00. The van der Waals surface area contributed by atoms with Crippen LogP contribution in [0.2, 0.25) is 0 Å². The van der Waals surface area contributed by atoms with E-state index in [-0.39, 0.29) is 12.8 Å². The monoisotopic (exact) mass is 259 g/mol. The molecule has 6 N–H and O–H groups in total. The summed E-state index contributed by atoms with van der Waals surface area (Å²) in [5.41, 5.74) is 10.9. The second-order valence-electron chi connectivity index (χ2n) is 4.07. The van der Waals surface area contributed by atoms with E-state index < -0.39 is 24.0 Å². The molecule has 0 bridgehead atoms. The van der Waals surface area contributed by atoms with Crippen molar-refractivity contribution in [2.45, 2.75) is 44.2 Å². The SMILES string of the molecule is NCCCC[C@H](N)C(=O)N[C@@H](C=O)CCC(=O)O. The highest BCUT2D eigenvalue weighted by atomic mass is 16.4. The Morgan fingerprint density at radius 2 is 1.94 bits per heavy atom. The van der Waals surface area contributed by atoms with E-state index in [2.05, 4.69) is 5.32 Å². The number of unbranched alkanes of at least 4 members (excludes halogenated alkanes) is 1. The van der Waals surface area contributed by atoms with Gasteiger partial charge in [0.2, 0.25) is 5.91 Å². The number of carbonyl (C=O) groups is 3. The number of nitrogens with one attached hydrogen (secondary N) is 1. The molecule has 0 unspecified atom stereocenters. The fraction of sp³-hybridized carbons (Fsp3) is 0.727. The first-order valence-electron chi connectivity index (χ1n) is 5.94. The number of aldehydes is 1. The molecule has 0 heterocycles. The Labute approximate surface area is 106 Å². The minimum Gasteiger partial charge on any atom is -0.481 e. The maximum absolute atomic E-state index is 11.6. The Hall–Kier alpha value is -1.47. The molecule has 0 spiro atoms. The summed E-state index contributed by atoms with van der Waals surface area (Å²) in [4.78, 5) is 32.6. The third-order valence-electron chi connectivity index (χ3n) is 2.47. The molecule has 104 valence electrons. The van der Waals surface area contributed by atoms with Gasteiger partial charge in [-0.15, -0.1) is 0 Å². The standard InChI is InChI=1S/C11H21N3O4/c12-6-2-1-3-9(13)11(18)14-8(7-15)4-5-10(16)17/h7-9H,1-6,12-13H2,(H,14,18)(H,16,17)/t8-,9+/m1/s1. The molecule has 0 aliphatic rings. The fourth-order valence-corrected chi connectivity index (χ4v) is 1.38. The van der Waals surface area contributed by atoms with Crippen LogP contribution in [-0.2, 0) is 14.4 Å². The van der Waals surface area contributed by atoms with Crippen LogP contribution in [0.5, 0.6) is 0 Å². The Kier molecular flexibility index (Phi) is 8.77. The molecular formula is C11H21N3O4. The zero-order chi connectivity index (χ0) is 14.0. The van der Waals surface area contributed by atoms with Crippen molar-refractivity contribution < 1.29 is 19.5 Å². The van der Waals surface area contributed by atoms with Gasteiger partial charge in [0.1, 0.15) is 6.29 Å². The van der Waals surface area contributed by atoms with Gasteiger partial charge in [-0.3, -0.25) is 9.59 Å². The number of hydrogen-bond acceptors (Lipinski definition) is 5. The lowest BCUT2D eigenvalue weighted by Crippen LogP contribution is -2.46. The van der Waals surface area contributed by atoms with E-state index in [4.69, 9.17) is 16.6 Å². The first kappa shape index (κ1) is 16.5. The zero-order valence-corrected chi connectivity index (χ0v) is 10.3. The maximum atomic E-state index is 11.6. The highest BCUT2D eigenvalue weighted by molar-refractivity contribution is 5.84. The zero-order valence-electron chi connectivity index (χ0n) is 10.3. The minimum atomic E-state index is -1.01. The normalized spacial score (nSPS) is 13.7. The van der Waals surface area contributed by atoms with E-state index in [1.807, 2.05) is 0 Å². The van der Waals surface area contributed by atoms with Crippen LogP contribution in [0.1, 0.15) is 32.1 Å². The fourth-order valence-electron chi connectivity index (χ4n) is 1.38. The van der Waals surface area contributed by atoms with E-state index >= 15 is 0 Å². The predicted octanol–water partition coefficient (Wildman–Crippen LogP) is -1.01. The number of hydrogen-bond donors (Lipinski definition) is 4. The number of carboxylic acid groups (broad SMARTS) is 1. The highest BCUT2D eigenvalue weighted by Gasteiger charge is 2.17. The van der Waals surface area contributed by atoms with Gasteiger partial charge in [-0.2, -0.15) is 0 Å². The van der Waals surface area contributed by atoms with Crippen molar-refractivity contribution in [1.82, 2.24) is 5.32 Å². The molecule has 0 aromatic heterocycles. The van der Waals surface area contributed by atoms with E-state index in [1.54, 1.807) is 0 Å². The average molecular weight is 259 g/mol. The van der Waals surface area contributed by atoms with E-state index in [0.29, 0.717) is 19.3 Å². The van der Waals surface area contributed by atoms with Gasteiger partial charge >= 0.3 is 5.97 Å². The molecule has 7 heteroatoms. The number of aliphatic carboxylic acids is 1. The van der Waals surface area contributed by atoms with Crippen molar-refractivity contribution in [3.8, 4) is 0 Å². The van der Waals surface area contributed by atoms with E-state index in [0.717, 1.165) is 12.8 Å². The third-order valence-corrected chi connectivity index (χ3v) is 2.47. The van der Waals surface area contributed by atoms with Crippen LogP contribution in [0.15, 0.2) is 0 Å². The summed E-state index contributed by atoms with van der Waals surface area (Å²) in [6.45, 7) is 0.546. The van der Waals surface area contributed by atoms with Crippen LogP contribution in [0.4, 0.5) is 0 Å². The van der Waals surface area contributed by atoms with Crippen molar-refractivity contribution in [1.29, 1.82) is 0 Å². The Balaban J connectivity index is 4.00. The predicted molar refractivity (Wildman–Crippen MR) is 65.7 cm³/mol. The summed E-state index contributed by atoms with van der Waals surface area (Å²) in [5.74, 6) is -1.45. The van der Waals surface area contributed by atoms with E-state index in [9.17, 15) is 14.4 Å². The number of rotatable bonds is 10. The topological polar surface area (TPSA) is 136 Å². The molecule has 0 aromatic rings. The third kappa shape index (κ3) is 7.75. The van der Waals surface area contributed by atoms with Crippen LogP contribution >= 0.6 is 0 Å². The smallest absolute Gasteiger partial charge is 0.303 e. The van der Waals surface area contributed by atoms with Gasteiger partial charge in [0.25, 0.3) is 0 Å². The molecule has 0 radical (unpaired) electrons. The van der Waals surface area contributed by atoms with Crippen molar-refractivity contribution in [2.75, 3.05) is 6.54 Å². The summed E-state index contributed by atoms with van der Waals surface area (Å²) >= 11 is 0. The number of carbonyl (C=O) groups excluding carboxylic acids is 2. The molecule has 0 rings (SSSR count). The number of amides is 1. The molecule has 2 atom stereocenters. The summed E-state index contributed by atoms with van der Waals surface area (Å²) in [7, 11) is 0. The first-order valence-corrected chi connectivity index (χ1v) is 5.94. The largest absolute Gasteiger partial charge is 0.481 e. The lowest BCUT2D eigenvalue weighted by molar-refractivity contribution is -0.137. The minimum absolute atomic E-state index is 0.0695. The second kappa shape index (κ2) is 9.55. The quantitative estimate of drug-likeness (QED) is 0.293. The summed E-state index contributed by atoms with van der Waals surface area (Å²) < 4.78 is 0. The maximum Gasteiger partial charge on any atom is 0.303 e. The van der Waals surface area contributed by atoms with Gasteiger partial charge in [-0.25, -0.2) is 0 Å².